The molecule has 0 saturated carbocycles. The van der Waals surface area contributed by atoms with Crippen LogP contribution in [0.25, 0.3) is 10.2 Å². The summed E-state index contributed by atoms with van der Waals surface area (Å²) in [5, 5.41) is 5.77. The summed E-state index contributed by atoms with van der Waals surface area (Å²) in [6.07, 6.45) is 0. The van der Waals surface area contributed by atoms with Crippen LogP contribution in [0.2, 0.25) is 0 Å². The largest absolute Gasteiger partial charge is 0.338 e. The predicted octanol–water partition coefficient (Wildman–Crippen LogP) is 2.17. The second-order valence-corrected chi connectivity index (χ2v) is 7.23. The van der Waals surface area contributed by atoms with E-state index in [-0.39, 0.29) is 35.6 Å². The van der Waals surface area contributed by atoms with Gasteiger partial charge in [0, 0.05) is 26.2 Å². The van der Waals surface area contributed by atoms with Crippen LogP contribution in [0.4, 0.5) is 0 Å². The number of piperazine rings is 1. The fraction of sp³-hybridized carbons (Fsp3) is 0.500. The lowest BCUT2D eigenvalue weighted by molar-refractivity contribution is 0.0831. The number of nitrogens with one attached hydrogen (secondary N) is 1. The molecular weight excluding hydrogens is 467 g/mol. The van der Waals surface area contributed by atoms with Crippen LogP contribution in [0.1, 0.15) is 30.5 Å². The number of aromatic nitrogens is 4. The van der Waals surface area contributed by atoms with Gasteiger partial charge >= 0.3 is 0 Å². The lowest BCUT2D eigenvalue weighted by atomic mass is 10.2. The highest BCUT2D eigenvalue weighted by atomic mass is 127. The maximum Gasteiger partial charge on any atom is 0.268 e. The van der Waals surface area contributed by atoms with Gasteiger partial charge in [0.25, 0.3) is 5.56 Å². The number of halogens is 1. The van der Waals surface area contributed by atoms with Crippen molar-refractivity contribution in [1.82, 2.24) is 29.9 Å². The van der Waals surface area contributed by atoms with Crippen molar-refractivity contribution in [2.45, 2.75) is 26.4 Å². The number of hydrogen-bond donors (Lipinski definition) is 1. The Morgan fingerprint density at radius 1 is 1.31 bits per heavy atom. The number of H-pyrrole nitrogens is 1. The molecule has 1 saturated heterocycles. The SMILES string of the molecule is Cc1noc(C(C)N2CCN(Cc3nc4ccsc4c(=O)[nH]3)CC2)n1.I. The zero-order valence-corrected chi connectivity index (χ0v) is 17.8. The van der Waals surface area contributed by atoms with Crippen LogP contribution in [-0.4, -0.2) is 56.1 Å². The summed E-state index contributed by atoms with van der Waals surface area (Å²) in [6.45, 7) is 8.21. The third-order valence-corrected chi connectivity index (χ3v) is 5.49. The third-order valence-electron chi connectivity index (χ3n) is 4.59. The molecule has 1 N–H and O–H groups in total. The van der Waals surface area contributed by atoms with Crippen LogP contribution in [0.5, 0.6) is 0 Å². The summed E-state index contributed by atoms with van der Waals surface area (Å²) >= 11 is 1.43. The summed E-state index contributed by atoms with van der Waals surface area (Å²) in [6, 6.07) is 2.01. The molecule has 1 aliphatic heterocycles. The summed E-state index contributed by atoms with van der Waals surface area (Å²) in [5.74, 6) is 2.06. The van der Waals surface area contributed by atoms with Gasteiger partial charge in [0.05, 0.1) is 18.1 Å². The first-order valence-corrected chi connectivity index (χ1v) is 9.21. The number of thiophene rings is 1. The quantitative estimate of drug-likeness (QED) is 0.563. The number of hydrogen-bond acceptors (Lipinski definition) is 8. The minimum absolute atomic E-state index is 0. The summed E-state index contributed by atoms with van der Waals surface area (Å²) in [7, 11) is 0. The average Bonchev–Trinajstić information content (AvgIpc) is 3.24. The predicted molar refractivity (Wildman–Crippen MR) is 110 cm³/mol. The number of aryl methyl sites for hydroxylation is 1. The van der Waals surface area contributed by atoms with Gasteiger partial charge in [-0.25, -0.2) is 4.98 Å². The molecule has 0 radical (unpaired) electrons. The zero-order valence-electron chi connectivity index (χ0n) is 14.6. The molecule has 0 spiro atoms. The highest BCUT2D eigenvalue weighted by molar-refractivity contribution is 14.0. The van der Waals surface area contributed by atoms with Crippen molar-refractivity contribution in [3.63, 3.8) is 0 Å². The van der Waals surface area contributed by atoms with Gasteiger partial charge in [-0.15, -0.1) is 35.3 Å². The second kappa shape index (κ2) is 8.11. The van der Waals surface area contributed by atoms with Crippen LogP contribution in [0.3, 0.4) is 0 Å². The van der Waals surface area contributed by atoms with Gasteiger partial charge in [-0.05, 0) is 25.3 Å². The van der Waals surface area contributed by atoms with Gasteiger partial charge in [0.1, 0.15) is 10.5 Å². The average molecular weight is 488 g/mol. The van der Waals surface area contributed by atoms with Crippen molar-refractivity contribution in [2.75, 3.05) is 26.2 Å². The van der Waals surface area contributed by atoms with Gasteiger partial charge in [-0.1, -0.05) is 5.16 Å². The van der Waals surface area contributed by atoms with Gasteiger partial charge in [0.15, 0.2) is 5.82 Å². The molecule has 10 heteroatoms. The molecule has 1 aliphatic rings. The van der Waals surface area contributed by atoms with Crippen LogP contribution in [0.15, 0.2) is 20.8 Å². The second-order valence-electron chi connectivity index (χ2n) is 6.32. The molecule has 0 bridgehead atoms. The molecule has 0 aromatic carbocycles. The molecule has 8 nitrogen and oxygen atoms in total. The van der Waals surface area contributed by atoms with Crippen molar-refractivity contribution < 1.29 is 4.52 Å². The van der Waals surface area contributed by atoms with Crippen LogP contribution < -0.4 is 5.56 Å². The molecule has 3 aromatic rings. The first-order valence-electron chi connectivity index (χ1n) is 8.33. The number of nitrogens with zero attached hydrogens (tertiary/aromatic N) is 5. The normalized spacial score (nSPS) is 17.3. The Balaban J connectivity index is 0.00000196. The standard InChI is InChI=1S/C16H20N6O2S.HI/c1-10(16-17-11(2)20-24-16)22-6-4-21(5-7-22)9-13-18-12-3-8-25-14(12)15(23)19-13;/h3,8,10H,4-7,9H2,1-2H3,(H,18,19,23);1H. The van der Waals surface area contributed by atoms with E-state index in [9.17, 15) is 4.79 Å². The molecule has 4 rings (SSSR count). The topological polar surface area (TPSA) is 91.2 Å². The van der Waals surface area contributed by atoms with Crippen LogP contribution in [-0.2, 0) is 6.54 Å². The maximum atomic E-state index is 12.1. The fourth-order valence-electron chi connectivity index (χ4n) is 3.16. The number of rotatable bonds is 4. The highest BCUT2D eigenvalue weighted by Gasteiger charge is 2.25. The molecule has 4 heterocycles. The van der Waals surface area contributed by atoms with Crippen molar-refractivity contribution in [1.29, 1.82) is 0 Å². The summed E-state index contributed by atoms with van der Waals surface area (Å²) < 4.78 is 5.97. The molecule has 1 unspecified atom stereocenters. The van der Waals surface area contributed by atoms with E-state index in [0.717, 1.165) is 37.5 Å². The first-order chi connectivity index (χ1) is 12.1. The van der Waals surface area contributed by atoms with Gasteiger partial charge in [0.2, 0.25) is 5.89 Å². The molecule has 0 amide bonds. The van der Waals surface area contributed by atoms with E-state index in [2.05, 4.69) is 36.8 Å². The third kappa shape index (κ3) is 3.97. The molecule has 0 aliphatic carbocycles. The Kier molecular flexibility index (Phi) is 6.05. The molecule has 140 valence electrons. The van der Waals surface area contributed by atoms with E-state index in [0.29, 0.717) is 23.0 Å². The smallest absolute Gasteiger partial charge is 0.268 e. The summed E-state index contributed by atoms with van der Waals surface area (Å²) in [4.78, 5) is 28.5. The Labute approximate surface area is 171 Å². The van der Waals surface area contributed by atoms with E-state index < -0.39 is 0 Å². The van der Waals surface area contributed by atoms with E-state index in [4.69, 9.17) is 4.52 Å². The Bertz CT molecular complexity index is 930. The minimum Gasteiger partial charge on any atom is -0.338 e. The Morgan fingerprint density at radius 2 is 2.08 bits per heavy atom. The Hall–Kier alpha value is -1.37. The van der Waals surface area contributed by atoms with Gasteiger partial charge in [-0.2, -0.15) is 4.98 Å². The molecule has 1 fully saturated rings. The lowest BCUT2D eigenvalue weighted by Gasteiger charge is -2.36. The molecular formula is C16H21IN6O2S. The maximum absolute atomic E-state index is 12.1. The zero-order chi connectivity index (χ0) is 17.4. The Morgan fingerprint density at radius 3 is 2.77 bits per heavy atom. The lowest BCUT2D eigenvalue weighted by Crippen LogP contribution is -2.47. The van der Waals surface area contributed by atoms with E-state index in [1.807, 2.05) is 18.4 Å². The summed E-state index contributed by atoms with van der Waals surface area (Å²) in [5.41, 5.74) is 0.733. The fourth-order valence-corrected chi connectivity index (χ4v) is 3.88. The van der Waals surface area contributed by atoms with Crippen molar-refractivity contribution >= 4 is 45.5 Å². The van der Waals surface area contributed by atoms with Gasteiger partial charge in [-0.3, -0.25) is 14.6 Å². The number of aromatic amines is 1. The van der Waals surface area contributed by atoms with E-state index in [1.165, 1.54) is 11.3 Å². The highest BCUT2D eigenvalue weighted by Crippen LogP contribution is 2.20. The van der Waals surface area contributed by atoms with E-state index in [1.54, 1.807) is 0 Å². The van der Waals surface area contributed by atoms with Crippen molar-refractivity contribution in [3.05, 3.63) is 39.3 Å². The van der Waals surface area contributed by atoms with Crippen LogP contribution >= 0.6 is 35.3 Å². The minimum atomic E-state index is -0.0472. The molecule has 1 atom stereocenters. The van der Waals surface area contributed by atoms with Crippen molar-refractivity contribution in [2.24, 2.45) is 0 Å². The number of fused-ring (bicyclic) bond motifs is 1. The first kappa shape index (κ1) is 19.4. The van der Waals surface area contributed by atoms with Crippen LogP contribution in [0, 0.1) is 6.92 Å². The molecule has 26 heavy (non-hydrogen) atoms. The molecule has 3 aromatic heterocycles. The van der Waals surface area contributed by atoms with Gasteiger partial charge < -0.3 is 9.51 Å². The van der Waals surface area contributed by atoms with E-state index >= 15 is 0 Å². The monoisotopic (exact) mass is 488 g/mol. The van der Waals surface area contributed by atoms with Crippen molar-refractivity contribution in [3.8, 4) is 0 Å².